The van der Waals surface area contributed by atoms with E-state index in [9.17, 15) is 0 Å². The second-order valence-corrected chi connectivity index (χ2v) is 5.12. The highest BCUT2D eigenvalue weighted by molar-refractivity contribution is 5.99. The van der Waals surface area contributed by atoms with Gasteiger partial charge in [-0.1, -0.05) is 0 Å². The second-order valence-electron chi connectivity index (χ2n) is 5.12. The van der Waals surface area contributed by atoms with Gasteiger partial charge in [-0.15, -0.1) is 0 Å². The van der Waals surface area contributed by atoms with Gasteiger partial charge in [-0.05, 0) is 41.7 Å². The number of rotatable bonds is 2. The molecule has 0 radical (unpaired) electrons. The molecule has 3 rings (SSSR count). The van der Waals surface area contributed by atoms with Crippen LogP contribution in [0.25, 0.3) is 11.0 Å². The van der Waals surface area contributed by atoms with Gasteiger partial charge in [0.05, 0.1) is 11.4 Å². The van der Waals surface area contributed by atoms with Crippen LogP contribution in [0, 0.1) is 0 Å². The van der Waals surface area contributed by atoms with E-state index in [1.165, 1.54) is 19.3 Å². The molecule has 0 unspecified atom stereocenters. The van der Waals surface area contributed by atoms with Crippen molar-refractivity contribution >= 4 is 34.3 Å². The summed E-state index contributed by atoms with van der Waals surface area (Å²) in [4.78, 5) is 10.1. The van der Waals surface area contributed by atoms with E-state index >= 15 is 0 Å². The van der Waals surface area contributed by atoms with Crippen LogP contribution in [0.15, 0.2) is 26.7 Å². The largest absolute Gasteiger partial charge is 0.370 e. The fourth-order valence-corrected chi connectivity index (χ4v) is 2.60. The fraction of sp³-hybridized carbons (Fsp3) is 0.385. The van der Waals surface area contributed by atoms with Crippen molar-refractivity contribution in [3.05, 3.63) is 12.1 Å². The number of anilines is 1. The van der Waals surface area contributed by atoms with Crippen LogP contribution in [-0.4, -0.2) is 35.3 Å². The summed E-state index contributed by atoms with van der Waals surface area (Å²) in [5.74, 6) is -0.198. The highest BCUT2D eigenvalue weighted by Gasteiger charge is 2.18. The minimum Gasteiger partial charge on any atom is -0.370 e. The number of nitrogens with zero attached hydrogens (tertiary/aromatic N) is 5. The Hall–Kier alpha value is -2.84. The van der Waals surface area contributed by atoms with Gasteiger partial charge in [0, 0.05) is 13.1 Å². The number of benzene rings is 1. The van der Waals surface area contributed by atoms with Crippen molar-refractivity contribution in [2.75, 3.05) is 18.0 Å². The van der Waals surface area contributed by atoms with Gasteiger partial charge >= 0.3 is 0 Å². The summed E-state index contributed by atoms with van der Waals surface area (Å²) in [6.07, 6.45) is 3.60. The summed E-state index contributed by atoms with van der Waals surface area (Å²) < 4.78 is 4.88. The van der Waals surface area contributed by atoms with Crippen molar-refractivity contribution in [1.29, 1.82) is 0 Å². The average Bonchev–Trinajstić information content (AvgIpc) is 2.97. The molecule has 0 amide bonds. The van der Waals surface area contributed by atoms with Gasteiger partial charge in [0.2, 0.25) is 5.96 Å². The molecule has 6 N–H and O–H groups in total. The molecule has 1 fully saturated rings. The lowest BCUT2D eigenvalue weighted by molar-refractivity contribution is 0.315. The number of fused-ring (bicyclic) bond motifs is 1. The lowest BCUT2D eigenvalue weighted by Crippen LogP contribution is -2.29. The summed E-state index contributed by atoms with van der Waals surface area (Å²) in [5.41, 5.74) is 18.9. The van der Waals surface area contributed by atoms with Crippen LogP contribution in [0.5, 0.6) is 0 Å². The van der Waals surface area contributed by atoms with E-state index < -0.39 is 0 Å². The number of nitrogens with two attached hydrogens (primary N) is 3. The number of hydrogen-bond donors (Lipinski definition) is 3. The van der Waals surface area contributed by atoms with Crippen molar-refractivity contribution in [3.63, 3.8) is 0 Å². The first kappa shape index (κ1) is 14.1. The van der Waals surface area contributed by atoms with E-state index in [2.05, 4.69) is 25.2 Å². The SMILES string of the molecule is NC(N)=NC(N)=Nc1ccc(N2CCCCC2)c2nonc12. The van der Waals surface area contributed by atoms with Crippen LogP contribution in [0.3, 0.4) is 0 Å². The van der Waals surface area contributed by atoms with Crippen LogP contribution in [0.1, 0.15) is 19.3 Å². The first-order valence-electron chi connectivity index (χ1n) is 7.09. The Morgan fingerprint density at radius 1 is 1.05 bits per heavy atom. The Balaban J connectivity index is 2.01. The number of hydrogen-bond acceptors (Lipinski definition) is 5. The van der Waals surface area contributed by atoms with Crippen LogP contribution in [0.2, 0.25) is 0 Å². The monoisotopic (exact) mass is 302 g/mol. The Bertz CT molecular complexity index is 725. The third-order valence-corrected chi connectivity index (χ3v) is 3.55. The third-order valence-electron chi connectivity index (χ3n) is 3.55. The second kappa shape index (κ2) is 5.88. The summed E-state index contributed by atoms with van der Waals surface area (Å²) in [6, 6.07) is 3.76. The molecular formula is C13H18N8O. The third kappa shape index (κ3) is 2.78. The molecule has 1 aliphatic rings. The standard InChI is InChI=1S/C13H18N8O/c14-12(15)18-13(16)17-8-4-5-9(11-10(8)19-22-20-11)21-6-2-1-3-7-21/h4-5H,1-3,6-7H2,(H6,14,15,16,17,18). The van der Waals surface area contributed by atoms with E-state index in [4.69, 9.17) is 21.8 Å². The summed E-state index contributed by atoms with van der Waals surface area (Å²) in [6.45, 7) is 2.00. The van der Waals surface area contributed by atoms with Crippen LogP contribution >= 0.6 is 0 Å². The zero-order valence-corrected chi connectivity index (χ0v) is 12.1. The van der Waals surface area contributed by atoms with Gasteiger partial charge in [0.1, 0.15) is 0 Å². The van der Waals surface area contributed by atoms with Crippen LogP contribution < -0.4 is 22.1 Å². The molecule has 2 heterocycles. The lowest BCUT2D eigenvalue weighted by atomic mass is 10.1. The van der Waals surface area contributed by atoms with E-state index in [0.29, 0.717) is 16.7 Å². The maximum Gasteiger partial charge on any atom is 0.223 e. The molecule has 0 aliphatic carbocycles. The molecule has 22 heavy (non-hydrogen) atoms. The minimum atomic E-state index is -0.152. The first-order chi connectivity index (χ1) is 10.6. The van der Waals surface area contributed by atoms with E-state index in [-0.39, 0.29) is 11.9 Å². The normalized spacial score (nSPS) is 16.0. The smallest absolute Gasteiger partial charge is 0.223 e. The van der Waals surface area contributed by atoms with Gasteiger partial charge in [0.25, 0.3) is 0 Å². The highest BCUT2D eigenvalue weighted by Crippen LogP contribution is 2.32. The molecule has 116 valence electrons. The topological polar surface area (TPSA) is 145 Å². The maximum atomic E-state index is 5.66. The summed E-state index contributed by atoms with van der Waals surface area (Å²) in [5, 5.41) is 7.92. The Morgan fingerprint density at radius 2 is 1.77 bits per heavy atom. The van der Waals surface area contributed by atoms with E-state index in [1.807, 2.05) is 12.1 Å². The predicted octanol–water partition coefficient (Wildman–Crippen LogP) is 0.433. The van der Waals surface area contributed by atoms with Crippen LogP contribution in [0.4, 0.5) is 11.4 Å². The maximum absolute atomic E-state index is 5.66. The van der Waals surface area contributed by atoms with Gasteiger partial charge in [0.15, 0.2) is 17.0 Å². The van der Waals surface area contributed by atoms with Gasteiger partial charge in [-0.25, -0.2) is 9.62 Å². The molecule has 0 bridgehead atoms. The zero-order chi connectivity index (χ0) is 15.5. The molecule has 1 saturated heterocycles. The molecular weight excluding hydrogens is 284 g/mol. The lowest BCUT2D eigenvalue weighted by Gasteiger charge is -2.28. The number of piperidine rings is 1. The predicted molar refractivity (Wildman–Crippen MR) is 85.0 cm³/mol. The molecule has 0 spiro atoms. The molecule has 1 aromatic heterocycles. The van der Waals surface area contributed by atoms with Crippen molar-refractivity contribution < 1.29 is 4.63 Å². The molecule has 0 atom stereocenters. The van der Waals surface area contributed by atoms with Crippen molar-refractivity contribution in [2.45, 2.75) is 19.3 Å². The zero-order valence-electron chi connectivity index (χ0n) is 12.1. The first-order valence-corrected chi connectivity index (χ1v) is 7.09. The molecule has 1 aromatic carbocycles. The highest BCUT2D eigenvalue weighted by atomic mass is 16.6. The van der Waals surface area contributed by atoms with Crippen molar-refractivity contribution in [3.8, 4) is 0 Å². The molecule has 9 nitrogen and oxygen atoms in total. The van der Waals surface area contributed by atoms with Gasteiger partial charge in [-0.2, -0.15) is 4.99 Å². The minimum absolute atomic E-state index is 0.0463. The molecule has 1 aliphatic heterocycles. The molecule has 9 heteroatoms. The van der Waals surface area contributed by atoms with Gasteiger partial charge in [-0.3, -0.25) is 0 Å². The summed E-state index contributed by atoms with van der Waals surface area (Å²) >= 11 is 0. The van der Waals surface area contributed by atoms with Gasteiger partial charge < -0.3 is 22.1 Å². The van der Waals surface area contributed by atoms with Crippen molar-refractivity contribution in [1.82, 2.24) is 10.3 Å². The Kier molecular flexibility index (Phi) is 3.77. The number of guanidine groups is 2. The summed E-state index contributed by atoms with van der Waals surface area (Å²) in [7, 11) is 0. The average molecular weight is 302 g/mol. The van der Waals surface area contributed by atoms with Crippen LogP contribution in [-0.2, 0) is 0 Å². The molecule has 0 saturated carbocycles. The molecule has 2 aromatic rings. The number of aliphatic imine (C=N–C) groups is 2. The van der Waals surface area contributed by atoms with E-state index in [0.717, 1.165) is 18.8 Å². The number of aromatic nitrogens is 2. The Morgan fingerprint density at radius 3 is 2.50 bits per heavy atom. The fourth-order valence-electron chi connectivity index (χ4n) is 2.60. The Labute approximate surface area is 126 Å². The van der Waals surface area contributed by atoms with Crippen molar-refractivity contribution in [2.24, 2.45) is 27.2 Å². The van der Waals surface area contributed by atoms with E-state index in [1.54, 1.807) is 0 Å². The quantitative estimate of drug-likeness (QED) is 0.538.